The zero-order chi connectivity index (χ0) is 17.8. The Kier molecular flexibility index (Phi) is 3.45. The lowest BCUT2D eigenvalue weighted by Crippen LogP contribution is -2.24. The van der Waals surface area contributed by atoms with Crippen molar-refractivity contribution in [2.75, 3.05) is 0 Å². The molecule has 6 heteroatoms. The predicted octanol–water partition coefficient (Wildman–Crippen LogP) is 2.92. The van der Waals surface area contributed by atoms with E-state index in [-0.39, 0.29) is 5.41 Å². The minimum absolute atomic E-state index is 0.260. The fourth-order valence-corrected chi connectivity index (χ4v) is 3.89. The lowest BCUT2D eigenvalue weighted by Gasteiger charge is -2.30. The Labute approximate surface area is 146 Å². The van der Waals surface area contributed by atoms with Crippen molar-refractivity contribution in [1.29, 1.82) is 0 Å². The number of nitrogens with one attached hydrogen (secondary N) is 1. The van der Waals surface area contributed by atoms with Gasteiger partial charge in [-0.05, 0) is 48.8 Å². The van der Waals surface area contributed by atoms with E-state index >= 15 is 0 Å². The number of amides is 1. The number of aromatic amines is 1. The van der Waals surface area contributed by atoms with Crippen molar-refractivity contribution in [3.63, 3.8) is 0 Å². The van der Waals surface area contributed by atoms with Gasteiger partial charge >= 0.3 is 0 Å². The van der Waals surface area contributed by atoms with Crippen molar-refractivity contribution < 1.29 is 4.79 Å². The highest BCUT2D eigenvalue weighted by Crippen LogP contribution is 2.38. The molecule has 3 aromatic rings. The fraction of sp³-hybridized carbons (Fsp3) is 0.421. The van der Waals surface area contributed by atoms with Crippen LogP contribution in [0, 0.1) is 5.41 Å². The number of rotatable bonds is 3. The van der Waals surface area contributed by atoms with E-state index < -0.39 is 5.91 Å². The van der Waals surface area contributed by atoms with Crippen molar-refractivity contribution in [3.05, 3.63) is 41.0 Å². The minimum atomic E-state index is -0.471. The van der Waals surface area contributed by atoms with Gasteiger partial charge in [0, 0.05) is 5.69 Å². The van der Waals surface area contributed by atoms with Gasteiger partial charge in [0.2, 0.25) is 0 Å². The van der Waals surface area contributed by atoms with Gasteiger partial charge in [0.05, 0.1) is 28.8 Å². The Bertz CT molecular complexity index is 979. The molecule has 1 aromatic carbocycles. The van der Waals surface area contributed by atoms with Gasteiger partial charge in [-0.25, -0.2) is 9.67 Å². The lowest BCUT2D eigenvalue weighted by atomic mass is 9.76. The van der Waals surface area contributed by atoms with Crippen LogP contribution in [0.5, 0.6) is 0 Å². The van der Waals surface area contributed by atoms with Gasteiger partial charge in [-0.15, -0.1) is 0 Å². The molecule has 25 heavy (non-hydrogen) atoms. The Morgan fingerprint density at radius 2 is 2.20 bits per heavy atom. The molecule has 3 N–H and O–H groups in total. The Hall–Kier alpha value is -2.63. The zero-order valence-corrected chi connectivity index (χ0v) is 14.9. The second kappa shape index (κ2) is 5.44. The molecule has 0 spiro atoms. The average Bonchev–Trinajstić information content (AvgIpc) is 3.17. The van der Waals surface area contributed by atoms with E-state index in [9.17, 15) is 4.79 Å². The molecule has 130 valence electrons. The summed E-state index contributed by atoms with van der Waals surface area (Å²) in [5, 5.41) is 4.90. The van der Waals surface area contributed by atoms with E-state index in [0.717, 1.165) is 36.2 Å². The summed E-state index contributed by atoms with van der Waals surface area (Å²) in [6, 6.07) is 3.66. The summed E-state index contributed by atoms with van der Waals surface area (Å²) >= 11 is 0. The van der Waals surface area contributed by atoms with Crippen LogP contribution >= 0.6 is 0 Å². The number of aromatic nitrogens is 4. The molecular weight excluding hydrogens is 314 g/mol. The summed E-state index contributed by atoms with van der Waals surface area (Å²) in [5.74, 6) is -0.471. The summed E-state index contributed by atoms with van der Waals surface area (Å²) in [4.78, 5) is 19.1. The second-order valence-corrected chi connectivity index (χ2v) is 7.60. The zero-order valence-electron chi connectivity index (χ0n) is 14.9. The average molecular weight is 337 g/mol. The summed E-state index contributed by atoms with van der Waals surface area (Å²) < 4.78 is 2.04. The lowest BCUT2D eigenvalue weighted by molar-refractivity contribution is 0.100. The number of hydrogen-bond acceptors (Lipinski definition) is 3. The normalized spacial score (nSPS) is 16.1. The number of aryl methyl sites for hydroxylation is 1. The molecule has 1 aliphatic rings. The summed E-state index contributed by atoms with van der Waals surface area (Å²) in [6.45, 7) is 6.76. The van der Waals surface area contributed by atoms with Crippen LogP contribution < -0.4 is 5.73 Å². The quantitative estimate of drug-likeness (QED) is 0.770. The number of primary amides is 1. The van der Waals surface area contributed by atoms with Gasteiger partial charge in [-0.2, -0.15) is 5.10 Å². The van der Waals surface area contributed by atoms with Crippen molar-refractivity contribution in [2.24, 2.45) is 11.1 Å². The second-order valence-electron chi connectivity index (χ2n) is 7.60. The van der Waals surface area contributed by atoms with Crippen LogP contribution in [0.15, 0.2) is 18.5 Å². The number of carbonyl (C=O) groups excluding carboxylic acids is 1. The Morgan fingerprint density at radius 1 is 1.40 bits per heavy atom. The van der Waals surface area contributed by atoms with E-state index in [1.165, 1.54) is 17.7 Å². The van der Waals surface area contributed by atoms with E-state index in [4.69, 9.17) is 10.8 Å². The molecule has 4 rings (SSSR count). The molecule has 0 radical (unpaired) electrons. The number of nitrogens with zero attached hydrogens (tertiary/aromatic N) is 3. The number of imidazole rings is 1. The Morgan fingerprint density at radius 3 is 2.92 bits per heavy atom. The molecular formula is C19H23N5O. The third-order valence-electron chi connectivity index (χ3n) is 5.26. The topological polar surface area (TPSA) is 89.6 Å². The first-order valence-electron chi connectivity index (χ1n) is 8.77. The molecule has 0 saturated heterocycles. The maximum absolute atomic E-state index is 11.7. The SMILES string of the molecule is CCc1nn(-c2ccc(C(N)=O)c3nc[nH]c23)c2c1CCC(C)(C)C2. The number of carbonyl (C=O) groups is 1. The van der Waals surface area contributed by atoms with Crippen LogP contribution in [0.2, 0.25) is 0 Å². The van der Waals surface area contributed by atoms with Crippen molar-refractivity contribution >= 4 is 16.9 Å². The molecule has 6 nitrogen and oxygen atoms in total. The molecule has 2 heterocycles. The van der Waals surface area contributed by atoms with Crippen molar-refractivity contribution in [2.45, 2.75) is 46.5 Å². The standard InChI is InChI=1S/C19H23N5O/c1-4-13-11-7-8-19(2,3)9-15(11)24(23-13)14-6-5-12(18(20)25)16-17(14)22-10-21-16/h5-6,10H,4,7-9H2,1-3H3,(H2,20,25)(H,21,22). The highest BCUT2D eigenvalue weighted by molar-refractivity contribution is 6.05. The van der Waals surface area contributed by atoms with Crippen LogP contribution in [0.25, 0.3) is 16.7 Å². The van der Waals surface area contributed by atoms with E-state index in [1.54, 1.807) is 12.4 Å². The van der Waals surface area contributed by atoms with E-state index in [0.29, 0.717) is 11.1 Å². The number of nitrogens with two attached hydrogens (primary N) is 1. The number of H-pyrrole nitrogens is 1. The molecule has 0 bridgehead atoms. The largest absolute Gasteiger partial charge is 0.366 e. The number of benzene rings is 1. The molecule has 0 atom stereocenters. The van der Waals surface area contributed by atoms with Gasteiger partial charge in [-0.1, -0.05) is 20.8 Å². The monoisotopic (exact) mass is 337 g/mol. The minimum Gasteiger partial charge on any atom is -0.366 e. The fourth-order valence-electron chi connectivity index (χ4n) is 3.89. The van der Waals surface area contributed by atoms with E-state index in [2.05, 4.69) is 30.7 Å². The molecule has 0 unspecified atom stereocenters. The maximum atomic E-state index is 11.7. The summed E-state index contributed by atoms with van der Waals surface area (Å²) in [6.07, 6.45) is 5.75. The third kappa shape index (κ3) is 2.44. The van der Waals surface area contributed by atoms with Gasteiger partial charge in [-0.3, -0.25) is 4.79 Å². The molecule has 0 aliphatic heterocycles. The number of fused-ring (bicyclic) bond motifs is 2. The Balaban J connectivity index is 1.96. The van der Waals surface area contributed by atoms with E-state index in [1.807, 2.05) is 10.7 Å². The van der Waals surface area contributed by atoms with Crippen LogP contribution in [0.4, 0.5) is 0 Å². The van der Waals surface area contributed by atoms with Crippen molar-refractivity contribution in [3.8, 4) is 5.69 Å². The van der Waals surface area contributed by atoms with Crippen LogP contribution in [0.3, 0.4) is 0 Å². The predicted molar refractivity (Wildman–Crippen MR) is 96.9 cm³/mol. The number of hydrogen-bond donors (Lipinski definition) is 2. The first-order valence-corrected chi connectivity index (χ1v) is 8.77. The van der Waals surface area contributed by atoms with Gasteiger partial charge in [0.25, 0.3) is 5.91 Å². The van der Waals surface area contributed by atoms with Crippen molar-refractivity contribution in [1.82, 2.24) is 19.7 Å². The smallest absolute Gasteiger partial charge is 0.250 e. The molecule has 0 saturated carbocycles. The summed E-state index contributed by atoms with van der Waals surface area (Å²) in [5.41, 5.74) is 12.3. The van der Waals surface area contributed by atoms with Gasteiger partial charge < -0.3 is 10.7 Å². The maximum Gasteiger partial charge on any atom is 0.250 e. The van der Waals surface area contributed by atoms with Gasteiger partial charge in [0.15, 0.2) is 0 Å². The van der Waals surface area contributed by atoms with Crippen LogP contribution in [-0.4, -0.2) is 25.7 Å². The third-order valence-corrected chi connectivity index (χ3v) is 5.26. The molecule has 0 fully saturated rings. The van der Waals surface area contributed by atoms with Gasteiger partial charge in [0.1, 0.15) is 5.52 Å². The highest BCUT2D eigenvalue weighted by atomic mass is 16.1. The van der Waals surface area contributed by atoms with Crippen LogP contribution in [0.1, 0.15) is 54.5 Å². The first kappa shape index (κ1) is 15.9. The highest BCUT2D eigenvalue weighted by Gasteiger charge is 2.31. The molecule has 1 aliphatic carbocycles. The summed E-state index contributed by atoms with van der Waals surface area (Å²) in [7, 11) is 0. The molecule has 2 aromatic heterocycles. The van der Waals surface area contributed by atoms with Crippen LogP contribution in [-0.2, 0) is 19.3 Å². The first-order chi connectivity index (χ1) is 11.9. The molecule has 1 amide bonds.